The lowest BCUT2D eigenvalue weighted by molar-refractivity contribution is -0.385. The lowest BCUT2D eigenvalue weighted by Gasteiger charge is -2.13. The van der Waals surface area contributed by atoms with Crippen LogP contribution in [0.25, 0.3) is 22.6 Å². The number of carbonyl (C=O) groups excluding carboxylic acids is 1. The number of methoxy groups -OCH3 is 2. The molecule has 1 aromatic heterocycles. The highest BCUT2D eigenvalue weighted by molar-refractivity contribution is 7.80. The smallest absolute Gasteiger partial charge is 0.311 e. The third-order valence-electron chi connectivity index (χ3n) is 5.19. The standard InChI is InChI=1S/C24H20N4O6S/c1-13-4-5-15(23-25-18-12-16(32-2)7-9-20(18)34-23)10-17(13)26-24(35)27-22(29)14-6-8-21(33-3)19(11-14)28(30)31/h4-12H,1-3H3,(H2,26,27,29,35). The van der Waals surface area contributed by atoms with E-state index in [1.165, 1.54) is 19.2 Å². The highest BCUT2D eigenvalue weighted by Crippen LogP contribution is 2.30. The first-order valence-corrected chi connectivity index (χ1v) is 10.7. The molecule has 0 bridgehead atoms. The number of nitro groups is 1. The Morgan fingerprint density at radius 2 is 1.89 bits per heavy atom. The maximum absolute atomic E-state index is 12.6. The van der Waals surface area contributed by atoms with E-state index < -0.39 is 10.8 Å². The van der Waals surface area contributed by atoms with Crippen LogP contribution in [0.2, 0.25) is 0 Å². The second kappa shape index (κ2) is 9.77. The molecule has 1 amide bonds. The minimum absolute atomic E-state index is 0.0241. The van der Waals surface area contributed by atoms with Crippen LogP contribution in [0.3, 0.4) is 0 Å². The Morgan fingerprint density at radius 3 is 2.60 bits per heavy atom. The summed E-state index contributed by atoms with van der Waals surface area (Å²) in [5.74, 6) is 0.538. The molecule has 2 N–H and O–H groups in total. The summed E-state index contributed by atoms with van der Waals surface area (Å²) in [6.45, 7) is 1.88. The number of nitro benzene ring substituents is 1. The predicted molar refractivity (Wildman–Crippen MR) is 134 cm³/mol. The Bertz CT molecular complexity index is 1470. The van der Waals surface area contributed by atoms with E-state index in [4.69, 9.17) is 26.1 Å². The first-order chi connectivity index (χ1) is 16.8. The van der Waals surface area contributed by atoms with Gasteiger partial charge in [-0.3, -0.25) is 20.2 Å². The number of carbonyl (C=O) groups is 1. The number of nitrogens with one attached hydrogen (secondary N) is 2. The molecule has 35 heavy (non-hydrogen) atoms. The van der Waals surface area contributed by atoms with Crippen molar-refractivity contribution < 1.29 is 23.6 Å². The van der Waals surface area contributed by atoms with Gasteiger partial charge >= 0.3 is 5.69 Å². The average molecular weight is 493 g/mol. The number of aryl methyl sites for hydroxylation is 1. The number of benzene rings is 3. The zero-order valence-electron chi connectivity index (χ0n) is 18.9. The maximum atomic E-state index is 12.6. The molecule has 0 fully saturated rings. The Labute approximate surface area is 205 Å². The van der Waals surface area contributed by atoms with E-state index >= 15 is 0 Å². The number of thiocarbonyl (C=S) groups is 1. The first-order valence-electron chi connectivity index (χ1n) is 10.3. The molecule has 1 heterocycles. The topological polar surface area (TPSA) is 129 Å². The number of nitrogens with zero attached hydrogens (tertiary/aromatic N) is 2. The minimum Gasteiger partial charge on any atom is -0.497 e. The summed E-state index contributed by atoms with van der Waals surface area (Å²) in [5.41, 5.74) is 3.22. The van der Waals surface area contributed by atoms with Gasteiger partial charge in [0.1, 0.15) is 11.3 Å². The van der Waals surface area contributed by atoms with Gasteiger partial charge in [0.25, 0.3) is 5.91 Å². The summed E-state index contributed by atoms with van der Waals surface area (Å²) in [6, 6.07) is 14.8. The lowest BCUT2D eigenvalue weighted by Crippen LogP contribution is -2.34. The molecule has 0 unspecified atom stereocenters. The number of ether oxygens (including phenoxy) is 2. The van der Waals surface area contributed by atoms with E-state index in [2.05, 4.69) is 15.6 Å². The number of rotatable bonds is 6. The summed E-state index contributed by atoms with van der Waals surface area (Å²) in [5, 5.41) is 16.8. The average Bonchev–Trinajstić information content (AvgIpc) is 3.28. The van der Waals surface area contributed by atoms with Crippen LogP contribution in [-0.4, -0.2) is 35.1 Å². The van der Waals surface area contributed by atoms with Crippen molar-refractivity contribution in [2.45, 2.75) is 6.92 Å². The highest BCUT2D eigenvalue weighted by Gasteiger charge is 2.19. The Kier molecular flexibility index (Phi) is 6.60. The molecule has 11 heteroatoms. The summed E-state index contributed by atoms with van der Waals surface area (Å²) >= 11 is 5.29. The van der Waals surface area contributed by atoms with Crippen LogP contribution in [0.15, 0.2) is 59.0 Å². The molecule has 178 valence electrons. The number of amides is 1. The molecule has 0 aliphatic rings. The fraction of sp³-hybridized carbons (Fsp3) is 0.125. The second-order valence-corrected chi connectivity index (χ2v) is 7.84. The highest BCUT2D eigenvalue weighted by atomic mass is 32.1. The van der Waals surface area contributed by atoms with Gasteiger partial charge in [-0.2, -0.15) is 0 Å². The van der Waals surface area contributed by atoms with E-state index in [-0.39, 0.29) is 22.1 Å². The fourth-order valence-corrected chi connectivity index (χ4v) is 3.55. The molecule has 0 aliphatic carbocycles. The van der Waals surface area contributed by atoms with E-state index in [9.17, 15) is 14.9 Å². The van der Waals surface area contributed by atoms with E-state index in [0.717, 1.165) is 11.6 Å². The van der Waals surface area contributed by atoms with Gasteiger partial charge < -0.3 is 19.2 Å². The molecule has 0 saturated carbocycles. The quantitative estimate of drug-likeness (QED) is 0.220. The predicted octanol–water partition coefficient (Wildman–Crippen LogP) is 4.86. The minimum atomic E-state index is -0.622. The van der Waals surface area contributed by atoms with Gasteiger partial charge in [0.2, 0.25) is 5.89 Å². The Hall–Kier alpha value is -4.51. The third-order valence-corrected chi connectivity index (χ3v) is 5.40. The summed E-state index contributed by atoms with van der Waals surface area (Å²) in [4.78, 5) is 27.7. The van der Waals surface area contributed by atoms with Crippen LogP contribution in [0.1, 0.15) is 15.9 Å². The second-order valence-electron chi connectivity index (χ2n) is 7.43. The van der Waals surface area contributed by atoms with Gasteiger partial charge in [0.15, 0.2) is 16.4 Å². The van der Waals surface area contributed by atoms with Crippen LogP contribution >= 0.6 is 12.2 Å². The summed E-state index contributed by atoms with van der Waals surface area (Å²) in [7, 11) is 2.90. The van der Waals surface area contributed by atoms with Crippen LogP contribution in [0.5, 0.6) is 11.5 Å². The number of hydrogen-bond donors (Lipinski definition) is 2. The van der Waals surface area contributed by atoms with Crippen LogP contribution in [0.4, 0.5) is 11.4 Å². The zero-order valence-corrected chi connectivity index (χ0v) is 19.8. The molecular formula is C24H20N4O6S. The van der Waals surface area contributed by atoms with Crippen molar-refractivity contribution in [1.82, 2.24) is 10.3 Å². The van der Waals surface area contributed by atoms with Gasteiger partial charge in [-0.25, -0.2) is 4.98 Å². The zero-order chi connectivity index (χ0) is 25.1. The maximum Gasteiger partial charge on any atom is 0.311 e. The third kappa shape index (κ3) is 5.04. The van der Waals surface area contributed by atoms with Crippen molar-refractivity contribution >= 4 is 45.7 Å². The lowest BCUT2D eigenvalue weighted by atomic mass is 10.1. The Morgan fingerprint density at radius 1 is 1.09 bits per heavy atom. The van der Waals surface area contributed by atoms with E-state index in [1.54, 1.807) is 31.4 Å². The number of fused-ring (bicyclic) bond motifs is 1. The number of aromatic nitrogens is 1. The molecule has 0 atom stereocenters. The van der Waals surface area contributed by atoms with Crippen molar-refractivity contribution in [3.63, 3.8) is 0 Å². The van der Waals surface area contributed by atoms with Crippen LogP contribution < -0.4 is 20.1 Å². The molecule has 10 nitrogen and oxygen atoms in total. The Balaban J connectivity index is 1.52. The van der Waals surface area contributed by atoms with Crippen molar-refractivity contribution in [1.29, 1.82) is 0 Å². The van der Waals surface area contributed by atoms with Crippen molar-refractivity contribution in [2.75, 3.05) is 19.5 Å². The molecule has 0 radical (unpaired) electrons. The fourth-order valence-electron chi connectivity index (χ4n) is 3.35. The molecule has 4 aromatic rings. The largest absolute Gasteiger partial charge is 0.497 e. The molecular weight excluding hydrogens is 472 g/mol. The van der Waals surface area contributed by atoms with Crippen molar-refractivity contribution in [2.24, 2.45) is 0 Å². The van der Waals surface area contributed by atoms with Crippen LogP contribution in [0, 0.1) is 17.0 Å². The molecule has 0 aliphatic heterocycles. The molecule has 4 rings (SSSR count). The number of hydrogen-bond acceptors (Lipinski definition) is 8. The van der Waals surface area contributed by atoms with Crippen LogP contribution in [-0.2, 0) is 0 Å². The molecule has 3 aromatic carbocycles. The molecule has 0 spiro atoms. The van der Waals surface area contributed by atoms with Crippen molar-refractivity contribution in [3.8, 4) is 23.0 Å². The summed E-state index contributed by atoms with van der Waals surface area (Å²) < 4.78 is 16.1. The van der Waals surface area contributed by atoms with Gasteiger partial charge in [0, 0.05) is 28.9 Å². The normalized spacial score (nSPS) is 10.6. The van der Waals surface area contributed by atoms with Gasteiger partial charge in [0.05, 0.1) is 19.1 Å². The molecule has 0 saturated heterocycles. The van der Waals surface area contributed by atoms with Gasteiger partial charge in [-0.05, 0) is 61.1 Å². The number of anilines is 1. The van der Waals surface area contributed by atoms with Gasteiger partial charge in [-0.1, -0.05) is 6.07 Å². The summed E-state index contributed by atoms with van der Waals surface area (Å²) in [6.07, 6.45) is 0. The first kappa shape index (κ1) is 23.6. The van der Waals surface area contributed by atoms with Crippen molar-refractivity contribution in [3.05, 3.63) is 75.8 Å². The number of oxazole rings is 1. The monoisotopic (exact) mass is 492 g/mol. The van der Waals surface area contributed by atoms with E-state index in [0.29, 0.717) is 34.0 Å². The van der Waals surface area contributed by atoms with Gasteiger partial charge in [-0.15, -0.1) is 0 Å². The van der Waals surface area contributed by atoms with E-state index in [1.807, 2.05) is 19.1 Å². The SMILES string of the molecule is COc1ccc2oc(-c3ccc(C)c(NC(=S)NC(=O)c4ccc(OC)c([N+](=O)[O-])c4)c3)nc2c1.